The van der Waals surface area contributed by atoms with Crippen molar-refractivity contribution in [3.8, 4) is 5.75 Å². The van der Waals surface area contributed by atoms with Gasteiger partial charge in [0.25, 0.3) is 0 Å². The summed E-state index contributed by atoms with van der Waals surface area (Å²) >= 11 is 11.6. The van der Waals surface area contributed by atoms with Gasteiger partial charge < -0.3 is 4.74 Å². The van der Waals surface area contributed by atoms with Crippen LogP contribution in [-0.2, 0) is 0 Å². The van der Waals surface area contributed by atoms with Crippen molar-refractivity contribution in [2.45, 2.75) is 0 Å². The molecule has 0 atom stereocenters. The van der Waals surface area contributed by atoms with Crippen LogP contribution < -0.4 is 4.74 Å². The van der Waals surface area contributed by atoms with Crippen LogP contribution in [0, 0.1) is 0 Å². The minimum atomic E-state index is -0.544. The van der Waals surface area contributed by atoms with Crippen LogP contribution in [0.15, 0.2) is 42.5 Å². The number of hydrogen-bond donors (Lipinski definition) is 0. The number of carbonyl (C=O) groups excluding carboxylic acids is 2. The Morgan fingerprint density at radius 1 is 1.05 bits per heavy atom. The average molecular weight is 295 g/mol. The van der Waals surface area contributed by atoms with Crippen molar-refractivity contribution in [1.29, 1.82) is 0 Å². The summed E-state index contributed by atoms with van der Waals surface area (Å²) in [7, 11) is 0. The molecule has 0 aliphatic carbocycles. The van der Waals surface area contributed by atoms with E-state index in [1.165, 1.54) is 18.2 Å². The summed E-state index contributed by atoms with van der Waals surface area (Å²) in [6, 6.07) is 10.7. The highest BCUT2D eigenvalue weighted by atomic mass is 35.5. The molecule has 0 aliphatic rings. The van der Waals surface area contributed by atoms with E-state index in [0.717, 1.165) is 0 Å². The first-order valence-electron chi connectivity index (χ1n) is 5.32. The smallest absolute Gasteiger partial charge is 0.343 e. The van der Waals surface area contributed by atoms with E-state index in [1.54, 1.807) is 24.3 Å². The van der Waals surface area contributed by atoms with Crippen LogP contribution >= 0.6 is 23.2 Å². The number of benzene rings is 2. The van der Waals surface area contributed by atoms with Crippen LogP contribution in [0.5, 0.6) is 5.75 Å². The first-order valence-corrected chi connectivity index (χ1v) is 6.08. The topological polar surface area (TPSA) is 43.4 Å². The molecule has 0 heterocycles. The molecule has 0 N–H and O–H groups in total. The molecule has 0 aliphatic heterocycles. The van der Waals surface area contributed by atoms with Crippen molar-refractivity contribution in [3.63, 3.8) is 0 Å². The van der Waals surface area contributed by atoms with Gasteiger partial charge in [-0.25, -0.2) is 4.79 Å². The largest absolute Gasteiger partial charge is 0.421 e. The summed E-state index contributed by atoms with van der Waals surface area (Å²) in [6.45, 7) is 0. The van der Waals surface area contributed by atoms with Crippen LogP contribution in [0.2, 0.25) is 10.0 Å². The molecule has 0 aromatic heterocycles. The van der Waals surface area contributed by atoms with Gasteiger partial charge in [0, 0.05) is 10.6 Å². The Kier molecular flexibility index (Phi) is 4.20. The molecule has 19 heavy (non-hydrogen) atoms. The first kappa shape index (κ1) is 13.6. The molecule has 0 saturated heterocycles. The van der Waals surface area contributed by atoms with Crippen molar-refractivity contribution in [2.24, 2.45) is 0 Å². The fraction of sp³-hybridized carbons (Fsp3) is 0. The number of carbonyl (C=O) groups is 2. The SMILES string of the molecule is O=Cc1ccc(OC(=O)c2ccc(Cl)cc2)c(Cl)c1. The maximum Gasteiger partial charge on any atom is 0.343 e. The number of esters is 1. The molecule has 2 aromatic carbocycles. The molecule has 0 amide bonds. The predicted molar refractivity (Wildman–Crippen MR) is 73.3 cm³/mol. The zero-order valence-electron chi connectivity index (χ0n) is 9.60. The van der Waals surface area contributed by atoms with E-state index in [2.05, 4.69) is 0 Å². The fourth-order valence-electron chi connectivity index (χ4n) is 1.42. The van der Waals surface area contributed by atoms with Crippen LogP contribution in [0.3, 0.4) is 0 Å². The van der Waals surface area contributed by atoms with Gasteiger partial charge in [-0.3, -0.25) is 4.79 Å². The third-order valence-electron chi connectivity index (χ3n) is 2.37. The maximum absolute atomic E-state index is 11.8. The Balaban J connectivity index is 2.19. The van der Waals surface area contributed by atoms with Crippen molar-refractivity contribution in [2.75, 3.05) is 0 Å². The summed E-state index contributed by atoms with van der Waals surface area (Å²) in [6.07, 6.45) is 0.663. The van der Waals surface area contributed by atoms with E-state index < -0.39 is 5.97 Å². The van der Waals surface area contributed by atoms with Crippen LogP contribution in [0.4, 0.5) is 0 Å². The number of hydrogen-bond acceptors (Lipinski definition) is 3. The Bertz CT molecular complexity index is 621. The van der Waals surface area contributed by atoms with Gasteiger partial charge in [-0.1, -0.05) is 23.2 Å². The third-order valence-corrected chi connectivity index (χ3v) is 2.92. The maximum atomic E-state index is 11.8. The van der Waals surface area contributed by atoms with Gasteiger partial charge in [0.1, 0.15) is 12.0 Å². The quantitative estimate of drug-likeness (QED) is 0.488. The second kappa shape index (κ2) is 5.87. The van der Waals surface area contributed by atoms with Crippen LogP contribution in [-0.4, -0.2) is 12.3 Å². The normalized spacial score (nSPS) is 10.0. The van der Waals surface area contributed by atoms with Gasteiger partial charge in [-0.15, -0.1) is 0 Å². The zero-order chi connectivity index (χ0) is 13.8. The zero-order valence-corrected chi connectivity index (χ0v) is 11.1. The average Bonchev–Trinajstić information content (AvgIpc) is 2.41. The minimum absolute atomic E-state index is 0.201. The number of aldehydes is 1. The van der Waals surface area contributed by atoms with Gasteiger partial charge in [0.2, 0.25) is 0 Å². The minimum Gasteiger partial charge on any atom is -0.421 e. The van der Waals surface area contributed by atoms with Crippen molar-refractivity contribution in [1.82, 2.24) is 0 Å². The fourth-order valence-corrected chi connectivity index (χ4v) is 1.77. The number of halogens is 2. The lowest BCUT2D eigenvalue weighted by atomic mass is 10.2. The molecule has 0 radical (unpaired) electrons. The van der Waals surface area contributed by atoms with Gasteiger partial charge in [-0.05, 0) is 42.5 Å². The lowest BCUT2D eigenvalue weighted by molar-refractivity contribution is 0.0735. The summed E-state index contributed by atoms with van der Waals surface area (Å²) < 4.78 is 5.14. The molecule has 2 rings (SSSR count). The van der Waals surface area contributed by atoms with E-state index in [0.29, 0.717) is 22.4 Å². The van der Waals surface area contributed by atoms with Crippen molar-refractivity contribution < 1.29 is 14.3 Å². The molecule has 2 aromatic rings. The lowest BCUT2D eigenvalue weighted by Gasteiger charge is -2.06. The van der Waals surface area contributed by atoms with E-state index in [1.807, 2.05) is 0 Å². The highest BCUT2D eigenvalue weighted by molar-refractivity contribution is 6.32. The summed E-state index contributed by atoms with van der Waals surface area (Å²) in [4.78, 5) is 22.4. The van der Waals surface area contributed by atoms with Gasteiger partial charge in [-0.2, -0.15) is 0 Å². The summed E-state index contributed by atoms with van der Waals surface area (Å²) in [5.41, 5.74) is 0.774. The molecular weight excluding hydrogens is 287 g/mol. The number of ether oxygens (including phenoxy) is 1. The highest BCUT2D eigenvalue weighted by Gasteiger charge is 2.11. The molecule has 0 unspecified atom stereocenters. The van der Waals surface area contributed by atoms with Gasteiger partial charge in [0.05, 0.1) is 10.6 Å². The molecule has 0 spiro atoms. The van der Waals surface area contributed by atoms with E-state index in [-0.39, 0.29) is 10.8 Å². The second-order valence-electron chi connectivity index (χ2n) is 3.70. The molecule has 0 bridgehead atoms. The van der Waals surface area contributed by atoms with Crippen LogP contribution in [0.1, 0.15) is 20.7 Å². The molecular formula is C14H8Cl2O3. The molecule has 0 fully saturated rings. The first-order chi connectivity index (χ1) is 9.10. The Hall–Kier alpha value is -1.84. The number of rotatable bonds is 3. The third kappa shape index (κ3) is 3.34. The van der Waals surface area contributed by atoms with E-state index in [4.69, 9.17) is 27.9 Å². The Morgan fingerprint density at radius 2 is 1.74 bits per heavy atom. The van der Waals surface area contributed by atoms with Gasteiger partial charge >= 0.3 is 5.97 Å². The molecule has 96 valence electrons. The monoisotopic (exact) mass is 294 g/mol. The predicted octanol–water partition coefficient (Wildman–Crippen LogP) is 4.03. The second-order valence-corrected chi connectivity index (χ2v) is 4.55. The Labute approximate surface area is 119 Å². The van der Waals surface area contributed by atoms with E-state index >= 15 is 0 Å². The van der Waals surface area contributed by atoms with E-state index in [9.17, 15) is 9.59 Å². The molecule has 5 heteroatoms. The van der Waals surface area contributed by atoms with Crippen molar-refractivity contribution >= 4 is 35.5 Å². The molecule has 3 nitrogen and oxygen atoms in total. The van der Waals surface area contributed by atoms with Crippen LogP contribution in [0.25, 0.3) is 0 Å². The van der Waals surface area contributed by atoms with Crippen molar-refractivity contribution in [3.05, 3.63) is 63.6 Å². The summed E-state index contributed by atoms with van der Waals surface area (Å²) in [5, 5.41) is 0.733. The Morgan fingerprint density at radius 3 is 2.32 bits per heavy atom. The standard InChI is InChI=1S/C14H8Cl2O3/c15-11-4-2-10(3-5-11)14(18)19-13-6-1-9(8-17)7-12(13)16/h1-8H. The summed E-state index contributed by atoms with van der Waals surface area (Å²) in [5.74, 6) is -0.343. The van der Waals surface area contributed by atoms with Gasteiger partial charge in [0.15, 0.2) is 0 Å². The molecule has 0 saturated carbocycles. The highest BCUT2D eigenvalue weighted by Crippen LogP contribution is 2.26. The lowest BCUT2D eigenvalue weighted by Crippen LogP contribution is -2.08.